The minimum Gasteiger partial charge on any atom is -0.309 e. The number of para-hydroxylation sites is 3. The molecular formula is C52H31N3. The molecule has 0 aliphatic heterocycles. The smallest absolute Gasteiger partial charge is 0.0641 e. The zero-order valence-corrected chi connectivity index (χ0v) is 29.7. The van der Waals surface area contributed by atoms with Crippen LogP contribution in [0.1, 0.15) is 0 Å². The van der Waals surface area contributed by atoms with Gasteiger partial charge in [-0.3, -0.25) is 0 Å². The molecule has 0 N–H and O–H groups in total. The summed E-state index contributed by atoms with van der Waals surface area (Å²) in [7, 11) is 0. The molecular weight excluding hydrogens is 667 g/mol. The van der Waals surface area contributed by atoms with Crippen LogP contribution in [0.4, 0.5) is 0 Å². The van der Waals surface area contributed by atoms with Crippen molar-refractivity contribution in [2.45, 2.75) is 0 Å². The zero-order chi connectivity index (χ0) is 35.8. The summed E-state index contributed by atoms with van der Waals surface area (Å²) in [6, 6.07) is 69.6. The van der Waals surface area contributed by atoms with Crippen LogP contribution in [-0.2, 0) is 0 Å². The summed E-state index contributed by atoms with van der Waals surface area (Å²) < 4.78 is 7.50. The minimum atomic E-state index is 1.14. The highest BCUT2D eigenvalue weighted by molar-refractivity contribution is 6.33. The van der Waals surface area contributed by atoms with E-state index in [4.69, 9.17) is 0 Å². The maximum absolute atomic E-state index is 2.53. The van der Waals surface area contributed by atoms with Crippen molar-refractivity contribution in [3.8, 4) is 22.5 Å². The van der Waals surface area contributed by atoms with Gasteiger partial charge in [-0.25, -0.2) is 0 Å². The van der Waals surface area contributed by atoms with Crippen LogP contribution < -0.4 is 0 Å². The van der Waals surface area contributed by atoms with Crippen molar-refractivity contribution in [1.82, 2.24) is 13.5 Å². The molecule has 0 amide bonds. The van der Waals surface area contributed by atoms with E-state index >= 15 is 0 Å². The van der Waals surface area contributed by atoms with Gasteiger partial charge in [-0.05, 0) is 87.9 Å². The van der Waals surface area contributed by atoms with Crippen molar-refractivity contribution in [2.75, 3.05) is 0 Å². The minimum absolute atomic E-state index is 1.14. The quantitative estimate of drug-likeness (QED) is 0.175. The number of hydrogen-bond acceptors (Lipinski definition) is 0. The molecule has 0 atom stereocenters. The summed E-state index contributed by atoms with van der Waals surface area (Å²) >= 11 is 0. The fourth-order valence-electron chi connectivity index (χ4n) is 9.80. The van der Waals surface area contributed by atoms with Crippen molar-refractivity contribution >= 4 is 92.5 Å². The molecule has 0 aliphatic carbocycles. The van der Waals surface area contributed by atoms with E-state index in [9.17, 15) is 0 Å². The number of fused-ring (bicyclic) bond motifs is 10. The van der Waals surface area contributed by atoms with Crippen LogP contribution in [0.25, 0.3) is 115 Å². The first-order valence-electron chi connectivity index (χ1n) is 19.0. The van der Waals surface area contributed by atoms with Gasteiger partial charge in [0.05, 0.1) is 38.6 Å². The first kappa shape index (κ1) is 29.1. The maximum atomic E-state index is 2.53. The summed E-state index contributed by atoms with van der Waals surface area (Å²) in [4.78, 5) is 0. The van der Waals surface area contributed by atoms with Gasteiger partial charge in [-0.15, -0.1) is 0 Å². The third-order valence-corrected chi connectivity index (χ3v) is 12.1. The molecule has 4 aromatic heterocycles. The average molecular weight is 698 g/mol. The maximum Gasteiger partial charge on any atom is 0.0641 e. The second kappa shape index (κ2) is 10.6. The largest absolute Gasteiger partial charge is 0.309 e. The summed E-state index contributed by atoms with van der Waals surface area (Å²) in [5.74, 6) is 0. The van der Waals surface area contributed by atoms with Gasteiger partial charge in [0, 0.05) is 49.1 Å². The first-order chi connectivity index (χ1) is 27.3. The Bertz CT molecular complexity index is 3710. The Labute approximate surface area is 315 Å². The molecule has 3 nitrogen and oxygen atoms in total. The summed E-state index contributed by atoms with van der Waals surface area (Å²) in [5, 5.41) is 12.6. The molecule has 0 spiro atoms. The molecule has 3 heteroatoms. The van der Waals surface area contributed by atoms with E-state index < -0.39 is 0 Å². The Morgan fingerprint density at radius 3 is 1.65 bits per heavy atom. The van der Waals surface area contributed by atoms with Gasteiger partial charge in [-0.2, -0.15) is 0 Å². The highest BCUT2D eigenvalue weighted by Gasteiger charge is 2.24. The van der Waals surface area contributed by atoms with E-state index in [1.165, 1.54) is 104 Å². The number of nitrogens with zero attached hydrogens (tertiary/aromatic N) is 3. The molecule has 55 heavy (non-hydrogen) atoms. The van der Waals surface area contributed by atoms with Crippen LogP contribution in [0.5, 0.6) is 0 Å². The van der Waals surface area contributed by atoms with E-state index in [-0.39, 0.29) is 0 Å². The molecule has 0 unspecified atom stereocenters. The Hall–Kier alpha value is -7.36. The highest BCUT2D eigenvalue weighted by Crippen LogP contribution is 2.47. The first-order valence-corrected chi connectivity index (χ1v) is 19.0. The molecule has 0 bridgehead atoms. The van der Waals surface area contributed by atoms with Crippen LogP contribution in [-0.4, -0.2) is 13.5 Å². The van der Waals surface area contributed by atoms with Crippen LogP contribution in [0.2, 0.25) is 0 Å². The van der Waals surface area contributed by atoms with Gasteiger partial charge in [0.25, 0.3) is 0 Å². The Morgan fingerprint density at radius 2 is 0.855 bits per heavy atom. The zero-order valence-electron chi connectivity index (χ0n) is 29.7. The molecule has 0 radical (unpaired) electrons. The molecule has 0 saturated carbocycles. The molecule has 254 valence electrons. The lowest BCUT2D eigenvalue weighted by Gasteiger charge is -2.13. The second-order valence-electron chi connectivity index (χ2n) is 14.9. The van der Waals surface area contributed by atoms with Crippen LogP contribution in [0.15, 0.2) is 188 Å². The van der Waals surface area contributed by atoms with Crippen LogP contribution >= 0.6 is 0 Å². The summed E-state index contributed by atoms with van der Waals surface area (Å²) in [5.41, 5.74) is 13.3. The van der Waals surface area contributed by atoms with Crippen molar-refractivity contribution in [2.24, 2.45) is 0 Å². The predicted octanol–water partition coefficient (Wildman–Crippen LogP) is 13.9. The van der Waals surface area contributed by atoms with Gasteiger partial charge in [0.2, 0.25) is 0 Å². The van der Waals surface area contributed by atoms with E-state index in [1.807, 2.05) is 0 Å². The molecule has 13 rings (SSSR count). The number of benzene rings is 9. The van der Waals surface area contributed by atoms with Gasteiger partial charge < -0.3 is 13.5 Å². The van der Waals surface area contributed by atoms with E-state index in [1.54, 1.807) is 0 Å². The Balaban J connectivity index is 1.22. The van der Waals surface area contributed by atoms with Gasteiger partial charge >= 0.3 is 0 Å². The van der Waals surface area contributed by atoms with Crippen LogP contribution in [0.3, 0.4) is 0 Å². The average Bonchev–Trinajstić information content (AvgIpc) is 3.85. The Kier molecular flexibility index (Phi) is 5.63. The molecule has 4 heterocycles. The van der Waals surface area contributed by atoms with Crippen molar-refractivity contribution in [3.05, 3.63) is 188 Å². The third-order valence-electron chi connectivity index (χ3n) is 12.1. The van der Waals surface area contributed by atoms with Gasteiger partial charge in [0.1, 0.15) is 0 Å². The number of hydrogen-bond donors (Lipinski definition) is 0. The monoisotopic (exact) mass is 697 g/mol. The third kappa shape index (κ3) is 3.84. The van der Waals surface area contributed by atoms with Crippen LogP contribution in [0, 0.1) is 0 Å². The lowest BCUT2D eigenvalue weighted by molar-refractivity contribution is 1.16. The van der Waals surface area contributed by atoms with Crippen molar-refractivity contribution < 1.29 is 0 Å². The lowest BCUT2D eigenvalue weighted by Crippen LogP contribution is -1.97. The van der Waals surface area contributed by atoms with Gasteiger partial charge in [-0.1, -0.05) is 127 Å². The van der Waals surface area contributed by atoms with Crippen molar-refractivity contribution in [1.29, 1.82) is 0 Å². The topological polar surface area (TPSA) is 14.3 Å². The molecule has 0 aliphatic rings. The fourth-order valence-corrected chi connectivity index (χ4v) is 9.80. The summed E-state index contributed by atoms with van der Waals surface area (Å²) in [6.07, 6.45) is 0. The van der Waals surface area contributed by atoms with E-state index in [2.05, 4.69) is 202 Å². The van der Waals surface area contributed by atoms with E-state index in [0.717, 1.165) is 11.4 Å². The standard InChI is InChI=1S/C52H31N3/c1-2-12-32(13-3-1)35-29-43-40-18-8-11-21-46(40)55-45-20-10-7-17-39(45)42-26-27-47-51(52(42)55)50(43)49(30-35)54(47)37-24-25-41-38-16-6-9-19-44(38)53(48(41)31-37)36-23-22-33-14-4-5-15-34(33)28-36/h1-31H. The van der Waals surface area contributed by atoms with Gasteiger partial charge in [0.15, 0.2) is 0 Å². The molecule has 0 saturated heterocycles. The van der Waals surface area contributed by atoms with E-state index in [0.29, 0.717) is 0 Å². The number of rotatable bonds is 3. The Morgan fingerprint density at radius 1 is 0.273 bits per heavy atom. The number of aromatic nitrogens is 3. The SMILES string of the molecule is c1ccc(-c2cc3c4ccccc4n4c5ccccc5c5ccc6c(c3c(c2)n6-c2ccc3c6ccccc6n(-c6ccc7ccccc7c6)c3c2)c54)cc1. The molecule has 13 aromatic rings. The molecule has 9 aromatic carbocycles. The predicted molar refractivity (Wildman–Crippen MR) is 233 cm³/mol. The fraction of sp³-hybridized carbons (Fsp3) is 0. The second-order valence-corrected chi connectivity index (χ2v) is 14.9. The highest BCUT2D eigenvalue weighted by atomic mass is 15.0. The lowest BCUT2D eigenvalue weighted by atomic mass is 9.98. The summed E-state index contributed by atoms with van der Waals surface area (Å²) in [6.45, 7) is 0. The normalized spacial score (nSPS) is 12.4. The molecule has 0 fully saturated rings. The van der Waals surface area contributed by atoms with Crippen molar-refractivity contribution in [3.63, 3.8) is 0 Å².